The minimum Gasteiger partial charge on any atom is -0.285 e. The highest BCUT2D eigenvalue weighted by Gasteiger charge is 2.07. The molecule has 0 aliphatic carbocycles. The Balaban J connectivity index is 2.84. The van der Waals surface area contributed by atoms with Crippen molar-refractivity contribution in [3.05, 3.63) is 35.4 Å². The lowest BCUT2D eigenvalue weighted by molar-refractivity contribution is 0.482. The minimum absolute atomic E-state index is 0.317. The normalized spacial score (nSPS) is 13.9. The average Bonchev–Trinajstić information content (AvgIpc) is 2.02. The Kier molecular flexibility index (Phi) is 3.91. The quantitative estimate of drug-likeness (QED) is 0.528. The van der Waals surface area contributed by atoms with Crippen molar-refractivity contribution in [3.8, 4) is 0 Å². The summed E-state index contributed by atoms with van der Waals surface area (Å²) in [6.07, 6.45) is 0. The molecule has 0 spiro atoms. The van der Waals surface area contributed by atoms with Gasteiger partial charge in [-0.1, -0.05) is 46.9 Å². The molecule has 0 heterocycles. The Morgan fingerprint density at radius 2 is 1.86 bits per heavy atom. The molecule has 5 heteroatoms. The summed E-state index contributed by atoms with van der Waals surface area (Å²) in [6.45, 7) is 2.05. The van der Waals surface area contributed by atoms with Gasteiger partial charge in [0, 0.05) is 3.92 Å². The number of benzene rings is 1. The first-order chi connectivity index (χ1) is 6.38. The van der Waals surface area contributed by atoms with Crippen LogP contribution in [0.3, 0.4) is 0 Å². The van der Waals surface area contributed by atoms with E-state index in [1.165, 1.54) is 0 Å². The number of rotatable bonds is 3. The summed E-state index contributed by atoms with van der Waals surface area (Å²) in [5.41, 5.74) is 1.75. The highest BCUT2D eigenvalue weighted by atomic mass is 127. The molecule has 0 fully saturated rings. The zero-order chi connectivity index (χ0) is 10.8. The fourth-order valence-electron chi connectivity index (χ4n) is 1.09. The molecule has 0 saturated carbocycles. The monoisotopic (exact) mass is 326 g/mol. The molecule has 0 amide bonds. The zero-order valence-corrected chi connectivity index (χ0v) is 10.6. The van der Waals surface area contributed by atoms with Crippen molar-refractivity contribution < 1.29 is 13.0 Å². The summed E-state index contributed by atoms with van der Waals surface area (Å²) in [7, 11) is -3.91. The molecular weight excluding hydrogens is 315 g/mol. The van der Waals surface area contributed by atoms with Gasteiger partial charge < -0.3 is 0 Å². The molecule has 0 aliphatic heterocycles. The lowest BCUT2D eigenvalue weighted by Gasteiger charge is -2.04. The Hall–Kier alpha value is -0.140. The van der Waals surface area contributed by atoms with Gasteiger partial charge in [0.25, 0.3) is 10.1 Å². The maximum atomic E-state index is 10.6. The molecule has 0 aromatic heterocycles. The Labute approximate surface area is 97.4 Å². The molecule has 3 nitrogen and oxygen atoms in total. The van der Waals surface area contributed by atoms with Crippen LogP contribution in [0.5, 0.6) is 0 Å². The largest absolute Gasteiger partial charge is 0.285 e. The highest BCUT2D eigenvalue weighted by Crippen LogP contribution is 2.22. The second kappa shape index (κ2) is 4.59. The topological polar surface area (TPSA) is 54.4 Å². The molecule has 1 aromatic rings. The molecule has 0 saturated heterocycles. The molecule has 1 rings (SSSR count). The standard InChI is InChI=1S/C9H11IO3S/c1-7(10)9-4-2-8(3-5-9)6-14(11,12)13/h2-5,7H,6H2,1H3,(H,11,12,13). The van der Waals surface area contributed by atoms with E-state index in [9.17, 15) is 8.42 Å². The summed E-state index contributed by atoms with van der Waals surface area (Å²) >= 11 is 2.28. The fraction of sp³-hybridized carbons (Fsp3) is 0.333. The van der Waals surface area contributed by atoms with E-state index < -0.39 is 10.1 Å². The third-order valence-corrected chi connectivity index (χ3v) is 3.21. The summed E-state index contributed by atoms with van der Waals surface area (Å²) in [5, 5.41) is 0. The van der Waals surface area contributed by atoms with Crippen molar-refractivity contribution >= 4 is 32.7 Å². The number of hydrogen-bond donors (Lipinski definition) is 1. The SMILES string of the molecule is CC(I)c1ccc(CS(=O)(=O)O)cc1. The maximum Gasteiger partial charge on any atom is 0.269 e. The Bertz CT molecular complexity index is 395. The first-order valence-corrected chi connectivity index (χ1v) is 6.92. The van der Waals surface area contributed by atoms with Crippen LogP contribution in [0.2, 0.25) is 0 Å². The Morgan fingerprint density at radius 1 is 1.36 bits per heavy atom. The highest BCUT2D eigenvalue weighted by molar-refractivity contribution is 14.1. The van der Waals surface area contributed by atoms with E-state index in [0.29, 0.717) is 9.49 Å². The first kappa shape index (κ1) is 11.9. The third-order valence-electron chi connectivity index (χ3n) is 1.79. The zero-order valence-electron chi connectivity index (χ0n) is 7.64. The van der Waals surface area contributed by atoms with Crippen molar-refractivity contribution in [2.24, 2.45) is 0 Å². The van der Waals surface area contributed by atoms with Gasteiger partial charge in [0.05, 0.1) is 0 Å². The number of halogens is 1. The number of alkyl halides is 1. The molecule has 1 atom stereocenters. The number of hydrogen-bond acceptors (Lipinski definition) is 2. The summed E-state index contributed by atoms with van der Waals surface area (Å²) in [4.78, 5) is 0. The van der Waals surface area contributed by atoms with Crippen LogP contribution >= 0.6 is 22.6 Å². The summed E-state index contributed by atoms with van der Waals surface area (Å²) < 4.78 is 30.2. The van der Waals surface area contributed by atoms with Gasteiger partial charge in [-0.25, -0.2) is 0 Å². The minimum atomic E-state index is -3.91. The molecule has 1 N–H and O–H groups in total. The Morgan fingerprint density at radius 3 is 2.21 bits per heavy atom. The van der Waals surface area contributed by atoms with Crippen LogP contribution in [0.15, 0.2) is 24.3 Å². The second-order valence-corrected chi connectivity index (χ2v) is 6.40. The van der Waals surface area contributed by atoms with E-state index in [4.69, 9.17) is 4.55 Å². The van der Waals surface area contributed by atoms with Crippen LogP contribution in [0.25, 0.3) is 0 Å². The molecular formula is C9H11IO3S. The van der Waals surface area contributed by atoms with E-state index in [2.05, 4.69) is 29.5 Å². The van der Waals surface area contributed by atoms with E-state index in [-0.39, 0.29) is 5.75 Å². The third kappa shape index (κ3) is 3.93. The van der Waals surface area contributed by atoms with Gasteiger partial charge in [-0.2, -0.15) is 8.42 Å². The van der Waals surface area contributed by atoms with Gasteiger partial charge in [-0.15, -0.1) is 0 Å². The van der Waals surface area contributed by atoms with Gasteiger partial charge in [0.15, 0.2) is 0 Å². The molecule has 14 heavy (non-hydrogen) atoms. The molecule has 1 unspecified atom stereocenters. The van der Waals surface area contributed by atoms with Crippen molar-refractivity contribution in [1.82, 2.24) is 0 Å². The fourth-order valence-corrected chi connectivity index (χ4v) is 2.12. The second-order valence-electron chi connectivity index (χ2n) is 3.08. The van der Waals surface area contributed by atoms with E-state index in [1.54, 1.807) is 12.1 Å². The van der Waals surface area contributed by atoms with Gasteiger partial charge in [-0.05, 0) is 18.1 Å². The lowest BCUT2D eigenvalue weighted by atomic mass is 10.1. The van der Waals surface area contributed by atoms with Gasteiger partial charge in [0.1, 0.15) is 5.75 Å². The van der Waals surface area contributed by atoms with E-state index in [1.807, 2.05) is 12.1 Å². The summed E-state index contributed by atoms with van der Waals surface area (Å²) in [6, 6.07) is 7.19. The van der Waals surface area contributed by atoms with Crippen LogP contribution in [0, 0.1) is 0 Å². The predicted molar refractivity (Wildman–Crippen MR) is 64.1 cm³/mol. The average molecular weight is 326 g/mol. The molecule has 0 radical (unpaired) electrons. The van der Waals surface area contributed by atoms with E-state index in [0.717, 1.165) is 5.56 Å². The van der Waals surface area contributed by atoms with Crippen molar-refractivity contribution in [1.29, 1.82) is 0 Å². The van der Waals surface area contributed by atoms with Crippen LogP contribution in [-0.2, 0) is 15.9 Å². The molecule has 0 bridgehead atoms. The van der Waals surface area contributed by atoms with Gasteiger partial charge >= 0.3 is 0 Å². The van der Waals surface area contributed by atoms with Crippen molar-refractivity contribution in [2.45, 2.75) is 16.6 Å². The smallest absolute Gasteiger partial charge is 0.269 e. The van der Waals surface area contributed by atoms with Crippen LogP contribution < -0.4 is 0 Å². The molecule has 1 aromatic carbocycles. The van der Waals surface area contributed by atoms with Gasteiger partial charge in [0.2, 0.25) is 0 Å². The van der Waals surface area contributed by atoms with Crippen molar-refractivity contribution in [2.75, 3.05) is 0 Å². The summed E-state index contributed by atoms with van der Waals surface area (Å²) in [5.74, 6) is -0.317. The first-order valence-electron chi connectivity index (χ1n) is 4.06. The van der Waals surface area contributed by atoms with Crippen LogP contribution in [0.4, 0.5) is 0 Å². The molecule has 78 valence electrons. The van der Waals surface area contributed by atoms with E-state index >= 15 is 0 Å². The predicted octanol–water partition coefficient (Wildman–Crippen LogP) is 2.57. The van der Waals surface area contributed by atoms with Gasteiger partial charge in [-0.3, -0.25) is 4.55 Å². The van der Waals surface area contributed by atoms with Crippen LogP contribution in [-0.4, -0.2) is 13.0 Å². The van der Waals surface area contributed by atoms with Crippen molar-refractivity contribution in [3.63, 3.8) is 0 Å². The molecule has 0 aliphatic rings. The maximum absolute atomic E-state index is 10.6. The lowest BCUT2D eigenvalue weighted by Crippen LogP contribution is -2.01. The van der Waals surface area contributed by atoms with Crippen LogP contribution in [0.1, 0.15) is 22.0 Å².